The number of ether oxygens (including phenoxy) is 1. The first-order valence-corrected chi connectivity index (χ1v) is 3.50. The molecule has 0 aromatic rings. The zero-order valence-corrected chi connectivity index (χ0v) is 5.70. The van der Waals surface area contributed by atoms with E-state index in [1.165, 1.54) is 0 Å². The molecular weight excluding hydrogens is 124 g/mol. The van der Waals surface area contributed by atoms with Crippen molar-refractivity contribution >= 4 is 17.7 Å². The van der Waals surface area contributed by atoms with Gasteiger partial charge in [-0.05, 0) is 13.8 Å². The topological polar surface area (TPSA) is 26.3 Å². The Hall–Kier alpha value is -0.180. The van der Waals surface area contributed by atoms with E-state index in [-0.39, 0.29) is 16.7 Å². The SMILES string of the molecule is C[C@@H]1OC(=O)[C@H](C)S1. The molecule has 0 N–H and O–H groups in total. The van der Waals surface area contributed by atoms with Crippen LogP contribution >= 0.6 is 11.8 Å². The molecule has 1 saturated heterocycles. The molecule has 0 unspecified atom stereocenters. The number of hydrogen-bond acceptors (Lipinski definition) is 3. The Morgan fingerprint density at radius 2 is 2.25 bits per heavy atom. The Labute approximate surface area is 52.6 Å². The maximum Gasteiger partial charge on any atom is 0.320 e. The van der Waals surface area contributed by atoms with E-state index in [2.05, 4.69) is 0 Å². The van der Waals surface area contributed by atoms with E-state index < -0.39 is 0 Å². The van der Waals surface area contributed by atoms with Crippen LogP contribution in [0.2, 0.25) is 0 Å². The van der Waals surface area contributed by atoms with Crippen molar-refractivity contribution in [2.24, 2.45) is 0 Å². The van der Waals surface area contributed by atoms with Crippen molar-refractivity contribution in [3.8, 4) is 0 Å². The highest BCUT2D eigenvalue weighted by Gasteiger charge is 2.27. The first kappa shape index (κ1) is 5.95. The smallest absolute Gasteiger partial charge is 0.320 e. The minimum absolute atomic E-state index is 0.0463. The zero-order valence-electron chi connectivity index (χ0n) is 4.88. The summed E-state index contributed by atoms with van der Waals surface area (Å²) in [6, 6.07) is 0. The van der Waals surface area contributed by atoms with Crippen LogP contribution in [-0.2, 0) is 9.53 Å². The molecule has 46 valence electrons. The van der Waals surface area contributed by atoms with Crippen LogP contribution in [0, 0.1) is 0 Å². The number of esters is 1. The lowest BCUT2D eigenvalue weighted by atomic mass is 10.5. The first-order valence-electron chi connectivity index (χ1n) is 2.56. The van der Waals surface area contributed by atoms with Gasteiger partial charge in [-0.15, -0.1) is 11.8 Å². The molecule has 2 atom stereocenters. The summed E-state index contributed by atoms with van der Waals surface area (Å²) in [6.07, 6.45) is 0. The monoisotopic (exact) mass is 132 g/mol. The number of carbonyl (C=O) groups is 1. The van der Waals surface area contributed by atoms with Gasteiger partial charge < -0.3 is 4.74 Å². The normalized spacial score (nSPS) is 37.5. The van der Waals surface area contributed by atoms with Crippen molar-refractivity contribution in [2.75, 3.05) is 0 Å². The van der Waals surface area contributed by atoms with Crippen LogP contribution < -0.4 is 0 Å². The Kier molecular flexibility index (Phi) is 1.47. The maximum absolute atomic E-state index is 10.5. The van der Waals surface area contributed by atoms with Crippen LogP contribution in [0.1, 0.15) is 13.8 Å². The molecule has 0 spiro atoms. The van der Waals surface area contributed by atoms with Crippen LogP contribution in [-0.4, -0.2) is 16.7 Å². The number of carbonyl (C=O) groups excluding carboxylic acids is 1. The first-order chi connectivity index (χ1) is 3.70. The molecule has 8 heavy (non-hydrogen) atoms. The largest absolute Gasteiger partial charge is 0.451 e. The molecule has 0 aliphatic carbocycles. The third-order valence-corrected chi connectivity index (χ3v) is 2.09. The van der Waals surface area contributed by atoms with Crippen molar-refractivity contribution in [1.29, 1.82) is 0 Å². The van der Waals surface area contributed by atoms with Gasteiger partial charge in [0.2, 0.25) is 0 Å². The average molecular weight is 132 g/mol. The fourth-order valence-corrected chi connectivity index (χ4v) is 1.52. The summed E-state index contributed by atoms with van der Waals surface area (Å²) in [5, 5.41) is 0.0463. The van der Waals surface area contributed by atoms with Crippen molar-refractivity contribution in [2.45, 2.75) is 24.5 Å². The fraction of sp³-hybridized carbons (Fsp3) is 0.800. The van der Waals surface area contributed by atoms with Gasteiger partial charge in [-0.25, -0.2) is 0 Å². The van der Waals surface area contributed by atoms with E-state index in [9.17, 15) is 4.79 Å². The molecule has 3 heteroatoms. The molecule has 0 amide bonds. The van der Waals surface area contributed by atoms with Gasteiger partial charge in [0.15, 0.2) is 0 Å². The van der Waals surface area contributed by atoms with E-state index in [0.29, 0.717) is 0 Å². The molecule has 1 heterocycles. The van der Waals surface area contributed by atoms with Crippen LogP contribution in [0.5, 0.6) is 0 Å². The highest BCUT2D eigenvalue weighted by atomic mass is 32.2. The number of thioether (sulfide) groups is 1. The van der Waals surface area contributed by atoms with Crippen molar-refractivity contribution < 1.29 is 9.53 Å². The number of cyclic esters (lactones) is 1. The van der Waals surface area contributed by atoms with Crippen LogP contribution in [0.15, 0.2) is 0 Å². The standard InChI is InChI=1S/C5H8O2S/c1-3-5(6)7-4(2)8-3/h3-4H,1-2H3/t3-,4+/m0/s1. The maximum atomic E-state index is 10.5. The molecule has 1 rings (SSSR count). The zero-order chi connectivity index (χ0) is 6.15. The Bertz CT molecular complexity index is 113. The minimum atomic E-state index is -0.0810. The summed E-state index contributed by atoms with van der Waals surface area (Å²) in [7, 11) is 0. The van der Waals surface area contributed by atoms with Gasteiger partial charge in [-0.2, -0.15) is 0 Å². The fourth-order valence-electron chi connectivity index (χ4n) is 0.630. The molecule has 1 aliphatic rings. The van der Waals surface area contributed by atoms with Gasteiger partial charge in [0.05, 0.1) is 0 Å². The van der Waals surface area contributed by atoms with Crippen molar-refractivity contribution in [1.82, 2.24) is 0 Å². The Morgan fingerprint density at radius 3 is 2.38 bits per heavy atom. The van der Waals surface area contributed by atoms with Crippen LogP contribution in [0.3, 0.4) is 0 Å². The minimum Gasteiger partial charge on any atom is -0.451 e. The predicted octanol–water partition coefficient (Wildman–Crippen LogP) is 1.01. The molecular formula is C5H8O2S. The van der Waals surface area contributed by atoms with Gasteiger partial charge in [-0.3, -0.25) is 4.79 Å². The van der Waals surface area contributed by atoms with Crippen LogP contribution in [0.25, 0.3) is 0 Å². The van der Waals surface area contributed by atoms with E-state index in [1.54, 1.807) is 11.8 Å². The molecule has 0 aromatic carbocycles. The highest BCUT2D eigenvalue weighted by Crippen LogP contribution is 2.26. The van der Waals surface area contributed by atoms with E-state index in [4.69, 9.17) is 4.74 Å². The summed E-state index contributed by atoms with van der Waals surface area (Å²) < 4.78 is 4.80. The second-order valence-electron chi connectivity index (χ2n) is 1.78. The second kappa shape index (κ2) is 1.97. The summed E-state index contributed by atoms with van der Waals surface area (Å²) in [5.41, 5.74) is 0.0671. The predicted molar refractivity (Wildman–Crippen MR) is 32.6 cm³/mol. The van der Waals surface area contributed by atoms with Crippen LogP contribution in [0.4, 0.5) is 0 Å². The lowest BCUT2D eigenvalue weighted by Crippen LogP contribution is -2.06. The summed E-state index contributed by atoms with van der Waals surface area (Å²) in [6.45, 7) is 3.74. The summed E-state index contributed by atoms with van der Waals surface area (Å²) >= 11 is 1.56. The van der Waals surface area contributed by atoms with E-state index >= 15 is 0 Å². The summed E-state index contributed by atoms with van der Waals surface area (Å²) in [4.78, 5) is 10.5. The third-order valence-electron chi connectivity index (χ3n) is 1.01. The van der Waals surface area contributed by atoms with Crippen molar-refractivity contribution in [3.63, 3.8) is 0 Å². The lowest BCUT2D eigenvalue weighted by Gasteiger charge is -1.94. The molecule has 1 fully saturated rings. The number of rotatable bonds is 0. The van der Waals surface area contributed by atoms with Crippen molar-refractivity contribution in [3.05, 3.63) is 0 Å². The average Bonchev–Trinajstić information content (AvgIpc) is 1.85. The molecule has 0 saturated carbocycles. The quantitative estimate of drug-likeness (QED) is 0.460. The van der Waals surface area contributed by atoms with Gasteiger partial charge in [0.1, 0.15) is 10.7 Å². The summed E-state index contributed by atoms with van der Waals surface area (Å²) in [5.74, 6) is -0.0810. The van der Waals surface area contributed by atoms with Gasteiger partial charge in [0.25, 0.3) is 0 Å². The molecule has 1 aliphatic heterocycles. The second-order valence-corrected chi connectivity index (χ2v) is 3.43. The molecule has 0 radical (unpaired) electrons. The molecule has 0 aromatic heterocycles. The number of hydrogen-bond donors (Lipinski definition) is 0. The lowest BCUT2D eigenvalue weighted by molar-refractivity contribution is -0.141. The molecule has 2 nitrogen and oxygen atoms in total. The van der Waals surface area contributed by atoms with Gasteiger partial charge in [-0.1, -0.05) is 0 Å². The van der Waals surface area contributed by atoms with Gasteiger partial charge in [0, 0.05) is 0 Å². The molecule has 0 bridgehead atoms. The third kappa shape index (κ3) is 0.968. The Morgan fingerprint density at radius 1 is 1.62 bits per heavy atom. The van der Waals surface area contributed by atoms with E-state index in [1.807, 2.05) is 13.8 Å². The Balaban J connectivity index is 2.51. The van der Waals surface area contributed by atoms with Gasteiger partial charge >= 0.3 is 5.97 Å². The van der Waals surface area contributed by atoms with E-state index in [0.717, 1.165) is 0 Å². The highest BCUT2D eigenvalue weighted by molar-refractivity contribution is 8.01.